The van der Waals surface area contributed by atoms with Crippen molar-refractivity contribution in [3.63, 3.8) is 0 Å². The number of nitrogens with zero attached hydrogens (tertiary/aromatic N) is 3. The topological polar surface area (TPSA) is 32.6 Å². The molecule has 1 unspecified atom stereocenters. The Labute approximate surface area is 101 Å². The van der Waals surface area contributed by atoms with Gasteiger partial charge in [-0.15, -0.1) is 0 Å². The lowest BCUT2D eigenvalue weighted by Gasteiger charge is -2.19. The number of aromatic nitrogens is 2. The molecule has 0 spiro atoms. The number of aryl methyl sites for hydroxylation is 1. The minimum absolute atomic E-state index is 0.590. The van der Waals surface area contributed by atoms with E-state index in [4.69, 9.17) is 0 Å². The number of rotatable bonds is 2. The minimum atomic E-state index is 0.590. The fourth-order valence-electron chi connectivity index (χ4n) is 2.62. The van der Waals surface area contributed by atoms with Crippen LogP contribution in [0.1, 0.15) is 12.0 Å². The summed E-state index contributed by atoms with van der Waals surface area (Å²) in [5.41, 5.74) is 2.53. The van der Waals surface area contributed by atoms with Gasteiger partial charge in [-0.25, -0.2) is 4.98 Å². The molecule has 2 aromatic rings. The number of fused-ring (bicyclic) bond motifs is 1. The van der Waals surface area contributed by atoms with Gasteiger partial charge in [0.1, 0.15) is 0 Å². The van der Waals surface area contributed by atoms with Gasteiger partial charge in [0.2, 0.25) is 0 Å². The molecule has 0 radical (unpaired) electrons. The SMILES string of the molecule is CNC1CCN(c2nccn3ccc(C)c23)C1. The third-order valence-corrected chi connectivity index (χ3v) is 3.65. The van der Waals surface area contributed by atoms with Gasteiger partial charge in [0.15, 0.2) is 5.82 Å². The van der Waals surface area contributed by atoms with Crippen molar-refractivity contribution in [1.29, 1.82) is 0 Å². The Bertz CT molecular complexity index is 531. The van der Waals surface area contributed by atoms with E-state index in [2.05, 4.69) is 38.8 Å². The van der Waals surface area contributed by atoms with Crippen molar-refractivity contribution in [3.8, 4) is 0 Å². The van der Waals surface area contributed by atoms with Crippen molar-refractivity contribution in [2.45, 2.75) is 19.4 Å². The summed E-state index contributed by atoms with van der Waals surface area (Å²) in [6.45, 7) is 4.28. The Morgan fingerprint density at radius 2 is 2.29 bits per heavy atom. The first-order valence-corrected chi connectivity index (χ1v) is 6.14. The second-order valence-electron chi connectivity index (χ2n) is 4.73. The molecule has 0 bridgehead atoms. The first-order valence-electron chi connectivity index (χ1n) is 6.14. The van der Waals surface area contributed by atoms with E-state index in [0.29, 0.717) is 6.04 Å². The van der Waals surface area contributed by atoms with Crippen LogP contribution in [0.4, 0.5) is 5.82 Å². The van der Waals surface area contributed by atoms with Gasteiger partial charge in [0.05, 0.1) is 5.52 Å². The Hall–Kier alpha value is -1.55. The number of hydrogen-bond acceptors (Lipinski definition) is 3. The highest BCUT2D eigenvalue weighted by atomic mass is 15.2. The van der Waals surface area contributed by atoms with E-state index < -0.39 is 0 Å². The van der Waals surface area contributed by atoms with Crippen LogP contribution in [0.2, 0.25) is 0 Å². The molecule has 0 aliphatic carbocycles. The Kier molecular flexibility index (Phi) is 2.52. The maximum Gasteiger partial charge on any atom is 0.153 e. The summed E-state index contributed by atoms with van der Waals surface area (Å²) < 4.78 is 2.16. The Morgan fingerprint density at radius 3 is 3.06 bits per heavy atom. The molecule has 3 rings (SSSR count). The van der Waals surface area contributed by atoms with Crippen LogP contribution >= 0.6 is 0 Å². The normalized spacial score (nSPS) is 20.4. The van der Waals surface area contributed by atoms with Crippen molar-refractivity contribution >= 4 is 11.3 Å². The number of nitrogens with one attached hydrogen (secondary N) is 1. The van der Waals surface area contributed by atoms with E-state index in [1.165, 1.54) is 17.5 Å². The van der Waals surface area contributed by atoms with Crippen molar-refractivity contribution in [2.24, 2.45) is 0 Å². The molecular formula is C13H18N4. The smallest absolute Gasteiger partial charge is 0.153 e. The van der Waals surface area contributed by atoms with Gasteiger partial charge < -0.3 is 14.6 Å². The molecule has 1 aliphatic heterocycles. The van der Waals surface area contributed by atoms with Gasteiger partial charge in [0, 0.05) is 37.7 Å². The second kappa shape index (κ2) is 4.04. The van der Waals surface area contributed by atoms with Gasteiger partial charge in [-0.3, -0.25) is 0 Å². The van der Waals surface area contributed by atoms with Gasteiger partial charge in [-0.1, -0.05) is 0 Å². The van der Waals surface area contributed by atoms with E-state index in [0.717, 1.165) is 18.9 Å². The van der Waals surface area contributed by atoms with Gasteiger partial charge in [-0.2, -0.15) is 0 Å². The molecule has 1 N–H and O–H groups in total. The molecule has 1 fully saturated rings. The van der Waals surface area contributed by atoms with Gasteiger partial charge in [-0.05, 0) is 32.0 Å². The predicted octanol–water partition coefficient (Wildman–Crippen LogP) is 1.44. The fourth-order valence-corrected chi connectivity index (χ4v) is 2.62. The largest absolute Gasteiger partial charge is 0.353 e. The zero-order chi connectivity index (χ0) is 11.8. The number of hydrogen-bond donors (Lipinski definition) is 1. The summed E-state index contributed by atoms with van der Waals surface area (Å²) in [7, 11) is 2.03. The van der Waals surface area contributed by atoms with Crippen LogP contribution in [0.3, 0.4) is 0 Å². The molecule has 4 heteroatoms. The third-order valence-electron chi connectivity index (χ3n) is 3.65. The first kappa shape index (κ1) is 10.6. The molecule has 0 aromatic carbocycles. The first-order chi connectivity index (χ1) is 8.29. The maximum absolute atomic E-state index is 4.57. The van der Waals surface area contributed by atoms with Crippen molar-refractivity contribution in [1.82, 2.24) is 14.7 Å². The predicted molar refractivity (Wildman–Crippen MR) is 69.6 cm³/mol. The molecular weight excluding hydrogens is 212 g/mol. The summed E-state index contributed by atoms with van der Waals surface area (Å²) in [4.78, 5) is 6.95. The summed E-state index contributed by atoms with van der Waals surface area (Å²) in [5, 5.41) is 3.34. The molecule has 4 nitrogen and oxygen atoms in total. The summed E-state index contributed by atoms with van der Waals surface area (Å²) in [5.74, 6) is 1.12. The Balaban J connectivity index is 2.03. The van der Waals surface area contributed by atoms with Crippen LogP contribution in [0.15, 0.2) is 24.7 Å². The zero-order valence-electron chi connectivity index (χ0n) is 10.3. The Morgan fingerprint density at radius 1 is 1.41 bits per heavy atom. The highest BCUT2D eigenvalue weighted by molar-refractivity contribution is 5.73. The lowest BCUT2D eigenvalue weighted by atomic mass is 10.3. The maximum atomic E-state index is 4.57. The molecule has 17 heavy (non-hydrogen) atoms. The molecule has 90 valence electrons. The van der Waals surface area contributed by atoms with E-state index in [1.807, 2.05) is 19.4 Å². The lowest BCUT2D eigenvalue weighted by molar-refractivity contribution is 0.616. The fraction of sp³-hybridized carbons (Fsp3) is 0.462. The molecule has 1 aliphatic rings. The van der Waals surface area contributed by atoms with Crippen molar-refractivity contribution in [3.05, 3.63) is 30.2 Å². The standard InChI is InChI=1S/C13H18N4/c1-10-3-6-16-8-5-15-13(12(10)16)17-7-4-11(9-17)14-2/h3,5-6,8,11,14H,4,7,9H2,1-2H3. The highest BCUT2D eigenvalue weighted by Crippen LogP contribution is 2.25. The molecule has 2 aromatic heterocycles. The number of likely N-dealkylation sites (N-methyl/N-ethyl adjacent to an activating group) is 1. The van der Waals surface area contributed by atoms with Crippen LogP contribution in [-0.2, 0) is 0 Å². The van der Waals surface area contributed by atoms with E-state index in [1.54, 1.807) is 0 Å². The van der Waals surface area contributed by atoms with Crippen LogP contribution in [0, 0.1) is 6.92 Å². The van der Waals surface area contributed by atoms with Crippen LogP contribution in [0.5, 0.6) is 0 Å². The van der Waals surface area contributed by atoms with Gasteiger partial charge >= 0.3 is 0 Å². The highest BCUT2D eigenvalue weighted by Gasteiger charge is 2.23. The van der Waals surface area contributed by atoms with Crippen molar-refractivity contribution in [2.75, 3.05) is 25.0 Å². The van der Waals surface area contributed by atoms with E-state index in [9.17, 15) is 0 Å². The summed E-state index contributed by atoms with van der Waals surface area (Å²) >= 11 is 0. The van der Waals surface area contributed by atoms with Crippen LogP contribution in [-0.4, -0.2) is 35.6 Å². The van der Waals surface area contributed by atoms with E-state index >= 15 is 0 Å². The molecule has 1 atom stereocenters. The zero-order valence-corrected chi connectivity index (χ0v) is 10.3. The van der Waals surface area contributed by atoms with E-state index in [-0.39, 0.29) is 0 Å². The van der Waals surface area contributed by atoms with Gasteiger partial charge in [0.25, 0.3) is 0 Å². The number of anilines is 1. The molecule has 3 heterocycles. The molecule has 1 saturated heterocycles. The van der Waals surface area contributed by atoms with Crippen molar-refractivity contribution < 1.29 is 0 Å². The second-order valence-corrected chi connectivity index (χ2v) is 4.73. The quantitative estimate of drug-likeness (QED) is 0.847. The monoisotopic (exact) mass is 230 g/mol. The van der Waals surface area contributed by atoms with Crippen LogP contribution in [0.25, 0.3) is 5.52 Å². The average Bonchev–Trinajstić information content (AvgIpc) is 2.96. The minimum Gasteiger partial charge on any atom is -0.353 e. The average molecular weight is 230 g/mol. The molecule has 0 amide bonds. The third kappa shape index (κ3) is 1.69. The summed E-state index contributed by atoms with van der Waals surface area (Å²) in [6, 6.07) is 2.74. The molecule has 0 saturated carbocycles. The van der Waals surface area contributed by atoms with Crippen LogP contribution < -0.4 is 10.2 Å². The summed E-state index contributed by atoms with van der Waals surface area (Å²) in [6.07, 6.45) is 7.19. The lowest BCUT2D eigenvalue weighted by Crippen LogP contribution is -2.30.